The van der Waals surface area contributed by atoms with Crippen molar-refractivity contribution in [3.8, 4) is 5.75 Å². The second kappa shape index (κ2) is 6.81. The molecule has 1 amide bonds. The van der Waals surface area contributed by atoms with Gasteiger partial charge in [-0.25, -0.2) is 0 Å². The fourth-order valence-corrected chi connectivity index (χ4v) is 1.75. The number of amides is 1. The minimum absolute atomic E-state index is 0.0235. The van der Waals surface area contributed by atoms with Crippen LogP contribution in [0.2, 0.25) is 0 Å². The minimum atomic E-state index is -2.88. The topological polar surface area (TPSA) is 64.4 Å². The molecule has 0 aliphatic rings. The number of alkyl halides is 2. The van der Waals surface area contributed by atoms with E-state index in [1.54, 1.807) is 24.3 Å². The van der Waals surface area contributed by atoms with Gasteiger partial charge in [0.1, 0.15) is 11.8 Å². The van der Waals surface area contributed by atoms with Crippen molar-refractivity contribution in [3.05, 3.63) is 60.2 Å². The Morgan fingerprint density at radius 3 is 2.24 bits per heavy atom. The van der Waals surface area contributed by atoms with Crippen LogP contribution in [0.3, 0.4) is 0 Å². The zero-order chi connectivity index (χ0) is 15.2. The van der Waals surface area contributed by atoms with Crippen molar-refractivity contribution in [1.82, 2.24) is 0 Å². The summed E-state index contributed by atoms with van der Waals surface area (Å²) in [7, 11) is 0. The quantitative estimate of drug-likeness (QED) is 0.890. The highest BCUT2D eigenvalue weighted by atomic mass is 19.3. The van der Waals surface area contributed by atoms with Crippen LogP contribution in [-0.2, 0) is 4.79 Å². The summed E-state index contributed by atoms with van der Waals surface area (Å²) >= 11 is 0. The van der Waals surface area contributed by atoms with Gasteiger partial charge in [0, 0.05) is 5.69 Å². The Hall–Kier alpha value is -2.47. The highest BCUT2D eigenvalue weighted by Crippen LogP contribution is 2.19. The van der Waals surface area contributed by atoms with Crippen LogP contribution in [0.25, 0.3) is 0 Å². The van der Waals surface area contributed by atoms with E-state index >= 15 is 0 Å². The van der Waals surface area contributed by atoms with Crippen molar-refractivity contribution in [1.29, 1.82) is 0 Å². The van der Waals surface area contributed by atoms with E-state index in [1.165, 1.54) is 24.3 Å². The highest BCUT2D eigenvalue weighted by molar-refractivity contribution is 5.95. The molecule has 21 heavy (non-hydrogen) atoms. The number of anilines is 1. The first-order valence-electron chi connectivity index (χ1n) is 6.22. The second-order valence-electron chi connectivity index (χ2n) is 4.28. The summed E-state index contributed by atoms with van der Waals surface area (Å²) < 4.78 is 28.3. The molecule has 0 saturated carbocycles. The third kappa shape index (κ3) is 4.25. The van der Waals surface area contributed by atoms with Crippen molar-refractivity contribution >= 4 is 11.6 Å². The highest BCUT2D eigenvalue weighted by Gasteiger charge is 2.15. The minimum Gasteiger partial charge on any atom is -0.435 e. The lowest BCUT2D eigenvalue weighted by Crippen LogP contribution is -2.27. The number of nitrogens with two attached hydrogens (primary N) is 1. The number of carbonyl (C=O) groups is 1. The fourth-order valence-electron chi connectivity index (χ4n) is 1.75. The van der Waals surface area contributed by atoms with Crippen LogP contribution in [0, 0.1) is 0 Å². The fraction of sp³-hybridized carbons (Fsp3) is 0.133. The molecule has 0 bridgehead atoms. The predicted molar refractivity (Wildman–Crippen MR) is 75.1 cm³/mol. The standard InChI is InChI=1S/C15H14F2N2O2/c16-15(17)21-12-8-6-11(7-9-12)19-14(20)13(18)10-4-2-1-3-5-10/h1-9,13,15H,18H2,(H,19,20)/t13-/m1/s1. The Balaban J connectivity index is 1.99. The molecule has 0 spiro atoms. The van der Waals surface area contributed by atoms with Crippen LogP contribution >= 0.6 is 0 Å². The summed E-state index contributed by atoms with van der Waals surface area (Å²) in [5.41, 5.74) is 6.99. The number of carbonyl (C=O) groups excluding carboxylic acids is 1. The summed E-state index contributed by atoms with van der Waals surface area (Å²) in [6, 6.07) is 13.7. The SMILES string of the molecule is N[C@@H](C(=O)Nc1ccc(OC(F)F)cc1)c1ccccc1. The Morgan fingerprint density at radius 2 is 1.67 bits per heavy atom. The van der Waals surface area contributed by atoms with Gasteiger partial charge in [0.2, 0.25) is 5.91 Å². The van der Waals surface area contributed by atoms with Gasteiger partial charge in [-0.05, 0) is 29.8 Å². The molecule has 110 valence electrons. The monoisotopic (exact) mass is 292 g/mol. The maximum absolute atomic E-state index is 12.0. The number of benzene rings is 2. The number of hydrogen-bond acceptors (Lipinski definition) is 3. The second-order valence-corrected chi connectivity index (χ2v) is 4.28. The van der Waals surface area contributed by atoms with Gasteiger partial charge in [-0.1, -0.05) is 30.3 Å². The molecule has 1 atom stereocenters. The number of halogens is 2. The molecular weight excluding hydrogens is 278 g/mol. The first kappa shape index (κ1) is 14.9. The van der Waals surface area contributed by atoms with Crippen molar-refractivity contribution in [3.63, 3.8) is 0 Å². The first-order chi connectivity index (χ1) is 10.1. The van der Waals surface area contributed by atoms with Crippen LogP contribution in [0.15, 0.2) is 54.6 Å². The van der Waals surface area contributed by atoms with E-state index in [4.69, 9.17) is 5.73 Å². The average Bonchev–Trinajstić information content (AvgIpc) is 2.49. The van der Waals surface area contributed by atoms with Crippen LogP contribution in [0.4, 0.5) is 14.5 Å². The Morgan fingerprint density at radius 1 is 1.05 bits per heavy atom. The van der Waals surface area contributed by atoms with Crippen molar-refractivity contribution < 1.29 is 18.3 Å². The van der Waals surface area contributed by atoms with Gasteiger partial charge in [-0.15, -0.1) is 0 Å². The molecule has 0 aromatic heterocycles. The van der Waals surface area contributed by atoms with Crippen molar-refractivity contribution in [2.24, 2.45) is 5.73 Å². The van der Waals surface area contributed by atoms with E-state index in [0.29, 0.717) is 11.3 Å². The lowest BCUT2D eigenvalue weighted by Gasteiger charge is -2.13. The molecule has 6 heteroatoms. The van der Waals surface area contributed by atoms with Crippen molar-refractivity contribution in [2.45, 2.75) is 12.7 Å². The maximum atomic E-state index is 12.0. The van der Waals surface area contributed by atoms with Gasteiger partial charge in [0.25, 0.3) is 0 Å². The van der Waals surface area contributed by atoms with Gasteiger partial charge >= 0.3 is 6.61 Å². The van der Waals surface area contributed by atoms with Gasteiger partial charge < -0.3 is 15.8 Å². The van der Waals surface area contributed by atoms with E-state index in [1.807, 2.05) is 6.07 Å². The Bertz CT molecular complexity index is 588. The molecule has 0 radical (unpaired) electrons. The van der Waals surface area contributed by atoms with Gasteiger partial charge in [0.15, 0.2) is 0 Å². The number of ether oxygens (including phenoxy) is 1. The smallest absolute Gasteiger partial charge is 0.387 e. The number of rotatable bonds is 5. The molecule has 3 N–H and O–H groups in total. The summed E-state index contributed by atoms with van der Waals surface area (Å²) in [5, 5.41) is 2.61. The normalized spacial score (nSPS) is 12.0. The molecule has 0 unspecified atom stereocenters. The van der Waals surface area contributed by atoms with Gasteiger partial charge in [-0.3, -0.25) is 4.79 Å². The molecular formula is C15H14F2N2O2. The molecule has 2 rings (SSSR count). The van der Waals surface area contributed by atoms with Crippen LogP contribution in [-0.4, -0.2) is 12.5 Å². The Labute approximate surface area is 120 Å². The average molecular weight is 292 g/mol. The van der Waals surface area contributed by atoms with E-state index in [9.17, 15) is 13.6 Å². The lowest BCUT2D eigenvalue weighted by atomic mass is 10.1. The summed E-state index contributed by atoms with van der Waals surface area (Å²) in [6.07, 6.45) is 0. The van der Waals surface area contributed by atoms with E-state index in [2.05, 4.69) is 10.1 Å². The first-order valence-corrected chi connectivity index (χ1v) is 6.22. The van der Waals surface area contributed by atoms with Gasteiger partial charge in [0.05, 0.1) is 0 Å². The molecule has 2 aromatic carbocycles. The van der Waals surface area contributed by atoms with E-state index in [-0.39, 0.29) is 11.7 Å². The Kier molecular flexibility index (Phi) is 4.84. The molecule has 0 aliphatic heterocycles. The van der Waals surface area contributed by atoms with E-state index in [0.717, 1.165) is 0 Å². The van der Waals surface area contributed by atoms with Crippen LogP contribution in [0.1, 0.15) is 11.6 Å². The number of hydrogen-bond donors (Lipinski definition) is 2. The zero-order valence-electron chi connectivity index (χ0n) is 11.0. The van der Waals surface area contributed by atoms with E-state index < -0.39 is 12.7 Å². The van der Waals surface area contributed by atoms with Gasteiger partial charge in [-0.2, -0.15) is 8.78 Å². The lowest BCUT2D eigenvalue weighted by molar-refractivity contribution is -0.117. The van der Waals surface area contributed by atoms with Crippen LogP contribution < -0.4 is 15.8 Å². The predicted octanol–water partition coefficient (Wildman–Crippen LogP) is 2.93. The molecule has 0 heterocycles. The number of nitrogens with one attached hydrogen (secondary N) is 1. The van der Waals surface area contributed by atoms with Crippen molar-refractivity contribution in [2.75, 3.05) is 5.32 Å². The summed E-state index contributed by atoms with van der Waals surface area (Å²) in [6.45, 7) is -2.88. The summed E-state index contributed by atoms with van der Waals surface area (Å²) in [5.74, 6) is -0.362. The molecule has 0 saturated heterocycles. The molecule has 0 fully saturated rings. The zero-order valence-corrected chi connectivity index (χ0v) is 11.0. The summed E-state index contributed by atoms with van der Waals surface area (Å²) in [4.78, 5) is 12.0. The third-order valence-corrected chi connectivity index (χ3v) is 2.79. The molecule has 2 aromatic rings. The third-order valence-electron chi connectivity index (χ3n) is 2.79. The van der Waals surface area contributed by atoms with Crippen LogP contribution in [0.5, 0.6) is 5.75 Å². The maximum Gasteiger partial charge on any atom is 0.387 e. The largest absolute Gasteiger partial charge is 0.435 e. The molecule has 0 aliphatic carbocycles. The molecule has 4 nitrogen and oxygen atoms in total.